The van der Waals surface area contributed by atoms with E-state index >= 15 is 0 Å². The molecule has 0 aliphatic carbocycles. The second kappa shape index (κ2) is 4.78. The number of rotatable bonds is 2. The SMILES string of the molecule is Cc1ccc(Oc2nc(Cl)nc(C)c2N)cc1F. The van der Waals surface area contributed by atoms with E-state index in [1.54, 1.807) is 26.0 Å². The molecular formula is C12H11ClFN3O. The maximum absolute atomic E-state index is 13.4. The predicted molar refractivity (Wildman–Crippen MR) is 67.4 cm³/mol. The lowest BCUT2D eigenvalue weighted by Gasteiger charge is -2.09. The zero-order valence-electron chi connectivity index (χ0n) is 9.87. The molecule has 0 spiro atoms. The van der Waals surface area contributed by atoms with E-state index in [4.69, 9.17) is 22.1 Å². The van der Waals surface area contributed by atoms with E-state index in [0.29, 0.717) is 17.0 Å². The van der Waals surface area contributed by atoms with Gasteiger partial charge >= 0.3 is 0 Å². The first-order chi connectivity index (χ1) is 8.47. The molecule has 18 heavy (non-hydrogen) atoms. The summed E-state index contributed by atoms with van der Waals surface area (Å²) in [5, 5.41) is 0.0317. The van der Waals surface area contributed by atoms with Crippen LogP contribution in [0.15, 0.2) is 18.2 Å². The van der Waals surface area contributed by atoms with Gasteiger partial charge in [-0.1, -0.05) is 6.07 Å². The summed E-state index contributed by atoms with van der Waals surface area (Å²) >= 11 is 5.71. The standard InChI is InChI=1S/C12H11ClFN3O/c1-6-3-4-8(5-9(6)14)18-11-10(15)7(2)16-12(13)17-11/h3-5H,15H2,1-2H3. The Morgan fingerprint density at radius 3 is 2.67 bits per heavy atom. The summed E-state index contributed by atoms with van der Waals surface area (Å²) in [5.41, 5.74) is 7.09. The molecule has 1 heterocycles. The third kappa shape index (κ3) is 2.51. The fourth-order valence-electron chi connectivity index (χ4n) is 1.35. The van der Waals surface area contributed by atoms with Crippen molar-refractivity contribution in [2.75, 3.05) is 5.73 Å². The number of anilines is 1. The smallest absolute Gasteiger partial charge is 0.247 e. The zero-order valence-corrected chi connectivity index (χ0v) is 10.6. The average Bonchev–Trinajstić information content (AvgIpc) is 2.30. The number of nitrogens with zero attached hydrogens (tertiary/aromatic N) is 2. The van der Waals surface area contributed by atoms with Gasteiger partial charge in [-0.25, -0.2) is 9.37 Å². The van der Waals surface area contributed by atoms with Crippen LogP contribution in [-0.4, -0.2) is 9.97 Å². The molecule has 2 aromatic rings. The lowest BCUT2D eigenvalue weighted by molar-refractivity contribution is 0.458. The van der Waals surface area contributed by atoms with Crippen molar-refractivity contribution in [1.82, 2.24) is 9.97 Å². The number of halogens is 2. The van der Waals surface area contributed by atoms with Crippen LogP contribution in [0.3, 0.4) is 0 Å². The van der Waals surface area contributed by atoms with Crippen molar-refractivity contribution in [2.45, 2.75) is 13.8 Å². The highest BCUT2D eigenvalue weighted by atomic mass is 35.5. The molecule has 0 unspecified atom stereocenters. The van der Waals surface area contributed by atoms with Gasteiger partial charge in [-0.05, 0) is 37.1 Å². The van der Waals surface area contributed by atoms with E-state index < -0.39 is 0 Å². The molecule has 6 heteroatoms. The van der Waals surface area contributed by atoms with Gasteiger partial charge in [0.25, 0.3) is 0 Å². The number of benzene rings is 1. The lowest BCUT2D eigenvalue weighted by Crippen LogP contribution is -2.01. The third-order valence-electron chi connectivity index (χ3n) is 2.43. The van der Waals surface area contributed by atoms with Crippen molar-refractivity contribution in [1.29, 1.82) is 0 Å². The fourth-order valence-corrected chi connectivity index (χ4v) is 1.55. The van der Waals surface area contributed by atoms with Gasteiger partial charge in [0.1, 0.15) is 17.3 Å². The van der Waals surface area contributed by atoms with Gasteiger partial charge in [0.15, 0.2) is 0 Å². The van der Waals surface area contributed by atoms with Crippen molar-refractivity contribution in [3.05, 3.63) is 40.6 Å². The molecule has 0 fully saturated rings. The molecule has 0 radical (unpaired) electrons. The minimum Gasteiger partial charge on any atom is -0.437 e. The Kier molecular flexibility index (Phi) is 3.34. The summed E-state index contributed by atoms with van der Waals surface area (Å²) in [7, 11) is 0. The van der Waals surface area contributed by atoms with Gasteiger partial charge in [-0.3, -0.25) is 0 Å². The molecule has 2 rings (SSSR count). The van der Waals surface area contributed by atoms with Gasteiger partial charge in [-0.15, -0.1) is 0 Å². The molecule has 0 aliphatic heterocycles. The van der Waals surface area contributed by atoms with Crippen LogP contribution in [0.4, 0.5) is 10.1 Å². The van der Waals surface area contributed by atoms with Gasteiger partial charge < -0.3 is 10.5 Å². The summed E-state index contributed by atoms with van der Waals surface area (Å²) in [4.78, 5) is 7.75. The summed E-state index contributed by atoms with van der Waals surface area (Å²) < 4.78 is 18.8. The van der Waals surface area contributed by atoms with Crippen LogP contribution in [0.2, 0.25) is 5.28 Å². The summed E-state index contributed by atoms with van der Waals surface area (Å²) in [6.07, 6.45) is 0. The van der Waals surface area contributed by atoms with Crippen LogP contribution in [0.5, 0.6) is 11.6 Å². The highest BCUT2D eigenvalue weighted by molar-refractivity contribution is 6.28. The molecule has 1 aromatic heterocycles. The number of aryl methyl sites for hydroxylation is 2. The van der Waals surface area contributed by atoms with Crippen LogP contribution in [0.1, 0.15) is 11.3 Å². The second-order valence-electron chi connectivity index (χ2n) is 3.81. The Bertz CT molecular complexity index is 604. The molecule has 0 bridgehead atoms. The molecule has 0 atom stereocenters. The van der Waals surface area contributed by atoms with Gasteiger partial charge in [0.05, 0.1) is 5.69 Å². The summed E-state index contributed by atoms with van der Waals surface area (Å²) in [6.45, 7) is 3.35. The lowest BCUT2D eigenvalue weighted by atomic mass is 10.2. The topological polar surface area (TPSA) is 61.0 Å². The Hall–Kier alpha value is -1.88. The van der Waals surface area contributed by atoms with Crippen molar-refractivity contribution >= 4 is 17.3 Å². The van der Waals surface area contributed by atoms with E-state index in [0.717, 1.165) is 0 Å². The monoisotopic (exact) mass is 267 g/mol. The molecule has 0 amide bonds. The maximum Gasteiger partial charge on any atom is 0.247 e. The molecule has 94 valence electrons. The van der Waals surface area contributed by atoms with Crippen LogP contribution in [0.25, 0.3) is 0 Å². The largest absolute Gasteiger partial charge is 0.437 e. The first-order valence-electron chi connectivity index (χ1n) is 5.21. The number of nitrogens with two attached hydrogens (primary N) is 1. The van der Waals surface area contributed by atoms with Crippen LogP contribution >= 0.6 is 11.6 Å². The molecule has 4 nitrogen and oxygen atoms in total. The van der Waals surface area contributed by atoms with E-state index in [-0.39, 0.29) is 22.7 Å². The molecule has 2 N–H and O–H groups in total. The molecule has 0 aliphatic rings. The van der Waals surface area contributed by atoms with Crippen molar-refractivity contribution in [2.24, 2.45) is 0 Å². The minimum absolute atomic E-state index is 0.0317. The fraction of sp³-hybridized carbons (Fsp3) is 0.167. The summed E-state index contributed by atoms with van der Waals surface area (Å²) in [6, 6.07) is 4.50. The third-order valence-corrected chi connectivity index (χ3v) is 2.60. The Balaban J connectivity index is 2.36. The summed E-state index contributed by atoms with van der Waals surface area (Å²) in [5.74, 6) is 0.0673. The van der Waals surface area contributed by atoms with Gasteiger partial charge in [-0.2, -0.15) is 4.98 Å². The Morgan fingerprint density at radius 1 is 1.28 bits per heavy atom. The first kappa shape index (κ1) is 12.6. The molecule has 0 saturated heterocycles. The second-order valence-corrected chi connectivity index (χ2v) is 4.15. The van der Waals surface area contributed by atoms with Crippen LogP contribution < -0.4 is 10.5 Å². The predicted octanol–water partition coefficient (Wildman–Crippen LogP) is 3.26. The van der Waals surface area contributed by atoms with Crippen LogP contribution in [0, 0.1) is 19.7 Å². The molecule has 0 saturated carbocycles. The van der Waals surface area contributed by atoms with E-state index in [1.807, 2.05) is 0 Å². The van der Waals surface area contributed by atoms with Gasteiger partial charge in [0.2, 0.25) is 11.2 Å². The van der Waals surface area contributed by atoms with E-state index in [9.17, 15) is 4.39 Å². The number of hydrogen-bond donors (Lipinski definition) is 1. The molecule has 1 aromatic carbocycles. The van der Waals surface area contributed by atoms with Crippen molar-refractivity contribution in [3.63, 3.8) is 0 Å². The quantitative estimate of drug-likeness (QED) is 0.849. The van der Waals surface area contributed by atoms with E-state index in [1.165, 1.54) is 6.07 Å². The number of nitrogen functional groups attached to an aromatic ring is 1. The number of ether oxygens (including phenoxy) is 1. The Labute approximate surface area is 109 Å². The Morgan fingerprint density at radius 2 is 2.00 bits per heavy atom. The first-order valence-corrected chi connectivity index (χ1v) is 5.59. The number of aromatic nitrogens is 2. The minimum atomic E-state index is -0.358. The van der Waals surface area contributed by atoms with Crippen molar-refractivity contribution in [3.8, 4) is 11.6 Å². The highest BCUT2D eigenvalue weighted by Crippen LogP contribution is 2.28. The zero-order chi connectivity index (χ0) is 13.3. The maximum atomic E-state index is 13.4. The van der Waals surface area contributed by atoms with Crippen LogP contribution in [-0.2, 0) is 0 Å². The normalized spacial score (nSPS) is 10.4. The van der Waals surface area contributed by atoms with E-state index in [2.05, 4.69) is 9.97 Å². The highest BCUT2D eigenvalue weighted by Gasteiger charge is 2.10. The molecular weight excluding hydrogens is 257 g/mol. The van der Waals surface area contributed by atoms with Crippen molar-refractivity contribution < 1.29 is 9.13 Å². The average molecular weight is 268 g/mol. The number of hydrogen-bond acceptors (Lipinski definition) is 4. The van der Waals surface area contributed by atoms with Gasteiger partial charge in [0, 0.05) is 6.07 Å².